The van der Waals surface area contributed by atoms with Crippen molar-refractivity contribution in [3.05, 3.63) is 29.8 Å². The van der Waals surface area contributed by atoms with Crippen LogP contribution in [0.4, 0.5) is 5.69 Å². The Labute approximate surface area is 83.9 Å². The van der Waals surface area contributed by atoms with E-state index in [0.29, 0.717) is 5.75 Å². The molecule has 2 rings (SSSR count). The summed E-state index contributed by atoms with van der Waals surface area (Å²) in [7, 11) is -2.78. The van der Waals surface area contributed by atoms with E-state index in [-0.39, 0.29) is 11.7 Å². The van der Waals surface area contributed by atoms with Gasteiger partial charge in [-0.05, 0) is 30.0 Å². The lowest BCUT2D eigenvalue weighted by atomic mass is 9.99. The van der Waals surface area contributed by atoms with Gasteiger partial charge in [0.1, 0.15) is 0 Å². The van der Waals surface area contributed by atoms with Gasteiger partial charge in [-0.2, -0.15) is 0 Å². The maximum atomic E-state index is 11.3. The maximum Gasteiger partial charge on any atom is 0.150 e. The normalized spacial score (nSPS) is 25.0. The van der Waals surface area contributed by atoms with Crippen molar-refractivity contribution in [1.29, 1.82) is 0 Å². The Bertz CT molecular complexity index is 422. The molecule has 76 valence electrons. The van der Waals surface area contributed by atoms with Gasteiger partial charge in [-0.15, -0.1) is 0 Å². The molecule has 4 heteroatoms. The van der Waals surface area contributed by atoms with E-state index < -0.39 is 9.84 Å². The Hall–Kier alpha value is -1.03. The summed E-state index contributed by atoms with van der Waals surface area (Å²) in [5.41, 5.74) is 7.36. The van der Waals surface area contributed by atoms with Gasteiger partial charge in [-0.25, -0.2) is 8.42 Å². The van der Waals surface area contributed by atoms with Crippen molar-refractivity contribution in [2.45, 2.75) is 12.3 Å². The molecular formula is C10H13NO2S. The second-order valence-corrected chi connectivity index (χ2v) is 6.00. The standard InChI is InChI=1S/C10H13NO2S/c11-10-3-1-8(2-4-10)9-5-6-14(12,13)7-9/h1-4,9H,5-7,11H2. The van der Waals surface area contributed by atoms with Crippen molar-refractivity contribution >= 4 is 15.5 Å². The van der Waals surface area contributed by atoms with E-state index in [0.717, 1.165) is 17.7 Å². The molecule has 0 bridgehead atoms. The summed E-state index contributed by atoms with van der Waals surface area (Å²) in [6.45, 7) is 0. The lowest BCUT2D eigenvalue weighted by Gasteiger charge is -2.07. The van der Waals surface area contributed by atoms with Crippen LogP contribution in [-0.2, 0) is 9.84 Å². The second-order valence-electron chi connectivity index (χ2n) is 3.77. The molecule has 1 heterocycles. The summed E-state index contributed by atoms with van der Waals surface area (Å²) in [5.74, 6) is 0.777. The van der Waals surface area contributed by atoms with Crippen LogP contribution in [0.3, 0.4) is 0 Å². The van der Waals surface area contributed by atoms with Gasteiger partial charge >= 0.3 is 0 Å². The Morgan fingerprint density at radius 2 is 1.86 bits per heavy atom. The molecule has 1 saturated heterocycles. The van der Waals surface area contributed by atoms with Crippen molar-refractivity contribution < 1.29 is 8.42 Å². The molecule has 1 aliphatic heterocycles. The third kappa shape index (κ3) is 1.90. The lowest BCUT2D eigenvalue weighted by molar-refractivity contribution is 0.601. The highest BCUT2D eigenvalue weighted by Gasteiger charge is 2.28. The Morgan fingerprint density at radius 1 is 1.21 bits per heavy atom. The largest absolute Gasteiger partial charge is 0.399 e. The van der Waals surface area contributed by atoms with Crippen LogP contribution in [0.1, 0.15) is 17.9 Å². The van der Waals surface area contributed by atoms with Gasteiger partial charge in [-0.3, -0.25) is 0 Å². The molecular weight excluding hydrogens is 198 g/mol. The molecule has 0 aromatic heterocycles. The Kier molecular flexibility index (Phi) is 2.23. The molecule has 1 fully saturated rings. The van der Waals surface area contributed by atoms with E-state index >= 15 is 0 Å². The van der Waals surface area contributed by atoms with Crippen LogP contribution in [0.25, 0.3) is 0 Å². The number of nitrogens with two attached hydrogens (primary N) is 1. The number of nitrogen functional groups attached to an aromatic ring is 1. The quantitative estimate of drug-likeness (QED) is 0.709. The van der Waals surface area contributed by atoms with Gasteiger partial charge in [0.25, 0.3) is 0 Å². The number of hydrogen-bond acceptors (Lipinski definition) is 3. The highest BCUT2D eigenvalue weighted by Crippen LogP contribution is 2.28. The third-order valence-electron chi connectivity index (χ3n) is 2.64. The smallest absolute Gasteiger partial charge is 0.150 e. The van der Waals surface area contributed by atoms with Gasteiger partial charge < -0.3 is 5.73 Å². The monoisotopic (exact) mass is 211 g/mol. The minimum atomic E-state index is -2.78. The van der Waals surface area contributed by atoms with E-state index in [4.69, 9.17) is 5.73 Å². The molecule has 1 aromatic rings. The molecule has 1 aromatic carbocycles. The maximum absolute atomic E-state index is 11.3. The summed E-state index contributed by atoms with van der Waals surface area (Å²) < 4.78 is 22.5. The van der Waals surface area contributed by atoms with Gasteiger partial charge in [0.2, 0.25) is 0 Å². The topological polar surface area (TPSA) is 60.2 Å². The number of hydrogen-bond donors (Lipinski definition) is 1. The van der Waals surface area contributed by atoms with E-state index in [1.54, 1.807) is 0 Å². The van der Waals surface area contributed by atoms with Crippen LogP contribution in [-0.4, -0.2) is 19.9 Å². The first-order chi connectivity index (χ1) is 6.57. The average molecular weight is 211 g/mol. The van der Waals surface area contributed by atoms with Crippen molar-refractivity contribution in [2.24, 2.45) is 0 Å². The summed E-state index contributed by atoms with van der Waals surface area (Å²) in [6, 6.07) is 7.47. The molecule has 0 spiro atoms. The molecule has 1 unspecified atom stereocenters. The highest BCUT2D eigenvalue weighted by molar-refractivity contribution is 7.91. The highest BCUT2D eigenvalue weighted by atomic mass is 32.2. The zero-order valence-corrected chi connectivity index (χ0v) is 8.63. The van der Waals surface area contributed by atoms with Crippen LogP contribution in [0.2, 0.25) is 0 Å². The fourth-order valence-corrected chi connectivity index (χ4v) is 3.61. The van der Waals surface area contributed by atoms with Crippen molar-refractivity contribution in [1.82, 2.24) is 0 Å². The molecule has 3 nitrogen and oxygen atoms in total. The summed E-state index contributed by atoms with van der Waals surface area (Å²) in [5, 5.41) is 0. The fourth-order valence-electron chi connectivity index (χ4n) is 1.83. The number of rotatable bonds is 1. The van der Waals surface area contributed by atoms with Crippen LogP contribution < -0.4 is 5.73 Å². The number of anilines is 1. The molecule has 1 aliphatic rings. The second kappa shape index (κ2) is 3.28. The van der Waals surface area contributed by atoms with Gasteiger partial charge in [0.15, 0.2) is 9.84 Å². The van der Waals surface area contributed by atoms with Gasteiger partial charge in [-0.1, -0.05) is 12.1 Å². The Morgan fingerprint density at radius 3 is 2.36 bits per heavy atom. The predicted molar refractivity (Wildman–Crippen MR) is 56.9 cm³/mol. The number of sulfone groups is 1. The minimum absolute atomic E-state index is 0.167. The van der Waals surface area contributed by atoms with Crippen LogP contribution in [0, 0.1) is 0 Å². The minimum Gasteiger partial charge on any atom is -0.399 e. The SMILES string of the molecule is Nc1ccc(C2CCS(=O)(=O)C2)cc1. The molecule has 2 N–H and O–H groups in total. The molecule has 1 atom stereocenters. The first kappa shape index (κ1) is 9.52. The lowest BCUT2D eigenvalue weighted by Crippen LogP contribution is -2.03. The zero-order chi connectivity index (χ0) is 10.2. The molecule has 0 radical (unpaired) electrons. The Balaban J connectivity index is 2.22. The number of benzene rings is 1. The molecule has 0 aliphatic carbocycles. The predicted octanol–water partition coefficient (Wildman–Crippen LogP) is 1.17. The van der Waals surface area contributed by atoms with Gasteiger partial charge in [0, 0.05) is 5.69 Å². The van der Waals surface area contributed by atoms with E-state index in [2.05, 4.69) is 0 Å². The molecule has 14 heavy (non-hydrogen) atoms. The average Bonchev–Trinajstić information content (AvgIpc) is 2.47. The first-order valence-corrected chi connectivity index (χ1v) is 6.45. The summed E-state index contributed by atoms with van der Waals surface area (Å²) >= 11 is 0. The van der Waals surface area contributed by atoms with Crippen molar-refractivity contribution in [3.8, 4) is 0 Å². The van der Waals surface area contributed by atoms with Crippen molar-refractivity contribution in [2.75, 3.05) is 17.2 Å². The van der Waals surface area contributed by atoms with Crippen LogP contribution >= 0.6 is 0 Å². The summed E-state index contributed by atoms with van der Waals surface area (Å²) in [6.07, 6.45) is 0.742. The van der Waals surface area contributed by atoms with E-state index in [9.17, 15) is 8.42 Å². The third-order valence-corrected chi connectivity index (χ3v) is 4.41. The van der Waals surface area contributed by atoms with Crippen LogP contribution in [0.15, 0.2) is 24.3 Å². The molecule has 0 amide bonds. The van der Waals surface area contributed by atoms with E-state index in [1.165, 1.54) is 0 Å². The molecule has 0 saturated carbocycles. The fraction of sp³-hybridized carbons (Fsp3) is 0.400. The van der Waals surface area contributed by atoms with Gasteiger partial charge in [0.05, 0.1) is 11.5 Å². The van der Waals surface area contributed by atoms with Crippen molar-refractivity contribution in [3.63, 3.8) is 0 Å². The zero-order valence-electron chi connectivity index (χ0n) is 7.81. The first-order valence-electron chi connectivity index (χ1n) is 4.63. The van der Waals surface area contributed by atoms with Crippen LogP contribution in [0.5, 0.6) is 0 Å². The summed E-state index contributed by atoms with van der Waals surface area (Å²) in [4.78, 5) is 0. The van der Waals surface area contributed by atoms with E-state index in [1.807, 2.05) is 24.3 Å².